The van der Waals surface area contributed by atoms with Crippen LogP contribution in [0.1, 0.15) is 12.5 Å². The third kappa shape index (κ3) is 5.14. The Morgan fingerprint density at radius 2 is 1.83 bits per heavy atom. The van der Waals surface area contributed by atoms with Crippen LogP contribution in [0.3, 0.4) is 0 Å². The van der Waals surface area contributed by atoms with Crippen molar-refractivity contribution in [1.29, 1.82) is 0 Å². The number of rotatable bonds is 9. The van der Waals surface area contributed by atoms with E-state index in [4.69, 9.17) is 14.2 Å². The van der Waals surface area contributed by atoms with Crippen molar-refractivity contribution in [3.05, 3.63) is 52.1 Å². The number of ether oxygens (including phenoxy) is 3. The van der Waals surface area contributed by atoms with E-state index in [9.17, 15) is 14.9 Å². The Morgan fingerprint density at radius 3 is 2.41 bits per heavy atom. The number of benzene rings is 2. The van der Waals surface area contributed by atoms with Gasteiger partial charge in [-0.1, -0.05) is 12.1 Å². The normalized spacial score (nSPS) is 11.7. The molecule has 1 N–H and O–H groups in total. The zero-order valence-corrected chi connectivity index (χ0v) is 17.1. The van der Waals surface area contributed by atoms with Crippen molar-refractivity contribution in [3.8, 4) is 17.2 Å². The van der Waals surface area contributed by atoms with Crippen LogP contribution in [0.15, 0.2) is 36.4 Å². The average molecular weight is 403 g/mol. The lowest BCUT2D eigenvalue weighted by molar-refractivity contribution is -0.384. The second kappa shape index (κ2) is 9.74. The largest absolute Gasteiger partial charge is 0.494 e. The highest BCUT2D eigenvalue weighted by atomic mass is 16.6. The number of likely N-dealkylation sites (N-methyl/N-ethyl adjacent to an activating group) is 1. The monoisotopic (exact) mass is 403 g/mol. The van der Waals surface area contributed by atoms with E-state index in [1.165, 1.54) is 25.3 Å². The molecule has 0 spiro atoms. The SMILES string of the molecule is COc1cc([N+](=O)[O-])ccc1NC(=O)[C@@H](C)N(C)Cc1cccc(OC)c1OC. The second-order valence-corrected chi connectivity index (χ2v) is 6.37. The summed E-state index contributed by atoms with van der Waals surface area (Å²) >= 11 is 0. The predicted octanol–water partition coefficient (Wildman–Crippen LogP) is 3.08. The third-order valence-electron chi connectivity index (χ3n) is 4.60. The van der Waals surface area contributed by atoms with Crippen molar-refractivity contribution in [2.24, 2.45) is 0 Å². The number of nitrogens with zero attached hydrogens (tertiary/aromatic N) is 2. The maximum absolute atomic E-state index is 12.7. The van der Waals surface area contributed by atoms with E-state index in [0.717, 1.165) is 5.56 Å². The quantitative estimate of drug-likeness (QED) is 0.507. The number of hydrogen-bond acceptors (Lipinski definition) is 7. The van der Waals surface area contributed by atoms with Crippen LogP contribution in [-0.4, -0.2) is 50.1 Å². The molecule has 0 aromatic heterocycles. The van der Waals surface area contributed by atoms with E-state index in [2.05, 4.69) is 5.32 Å². The van der Waals surface area contributed by atoms with Crippen LogP contribution in [0.25, 0.3) is 0 Å². The number of nitro groups is 1. The zero-order chi connectivity index (χ0) is 21.6. The molecule has 156 valence electrons. The minimum absolute atomic E-state index is 0.116. The summed E-state index contributed by atoms with van der Waals surface area (Å²) in [5.74, 6) is 1.18. The fourth-order valence-electron chi connectivity index (χ4n) is 2.82. The van der Waals surface area contributed by atoms with Crippen molar-refractivity contribution in [3.63, 3.8) is 0 Å². The molecule has 2 rings (SSSR count). The molecule has 0 bridgehead atoms. The second-order valence-electron chi connectivity index (χ2n) is 6.37. The molecule has 29 heavy (non-hydrogen) atoms. The van der Waals surface area contributed by atoms with E-state index < -0.39 is 11.0 Å². The Morgan fingerprint density at radius 1 is 1.14 bits per heavy atom. The number of methoxy groups -OCH3 is 3. The van der Waals surface area contributed by atoms with Gasteiger partial charge in [0.25, 0.3) is 5.69 Å². The van der Waals surface area contributed by atoms with Crippen LogP contribution in [0.2, 0.25) is 0 Å². The standard InChI is InChI=1S/C20H25N3O6/c1-13(22(2)12-14-7-6-8-17(27-3)19(14)29-5)20(24)21-16-10-9-15(23(25)26)11-18(16)28-4/h6-11,13H,12H2,1-5H3,(H,21,24)/t13-/m1/s1. The first-order valence-corrected chi connectivity index (χ1v) is 8.85. The Balaban J connectivity index is 2.13. The van der Waals surface area contributed by atoms with Gasteiger partial charge in [-0.05, 0) is 26.1 Å². The molecule has 0 aliphatic heterocycles. The van der Waals surface area contributed by atoms with Gasteiger partial charge in [-0.25, -0.2) is 0 Å². The molecule has 0 saturated heterocycles. The summed E-state index contributed by atoms with van der Waals surface area (Å²) < 4.78 is 15.9. The summed E-state index contributed by atoms with van der Waals surface area (Å²) in [6, 6.07) is 9.11. The Kier molecular flexibility index (Phi) is 7.38. The van der Waals surface area contributed by atoms with Crippen molar-refractivity contribution in [2.45, 2.75) is 19.5 Å². The minimum atomic E-state index is -0.522. The van der Waals surface area contributed by atoms with Crippen molar-refractivity contribution >= 4 is 17.3 Å². The highest BCUT2D eigenvalue weighted by Crippen LogP contribution is 2.32. The maximum Gasteiger partial charge on any atom is 0.273 e. The average Bonchev–Trinajstić information content (AvgIpc) is 2.72. The molecule has 2 aromatic rings. The maximum atomic E-state index is 12.7. The van der Waals surface area contributed by atoms with Crippen LogP contribution in [0.5, 0.6) is 17.2 Å². The van der Waals surface area contributed by atoms with E-state index in [-0.39, 0.29) is 17.3 Å². The number of carbonyl (C=O) groups excluding carboxylic acids is 1. The lowest BCUT2D eigenvalue weighted by atomic mass is 10.1. The summed E-state index contributed by atoms with van der Waals surface area (Å²) in [5.41, 5.74) is 1.12. The topological polar surface area (TPSA) is 103 Å². The fourth-order valence-corrected chi connectivity index (χ4v) is 2.82. The summed E-state index contributed by atoms with van der Waals surface area (Å²) in [6.07, 6.45) is 0. The smallest absolute Gasteiger partial charge is 0.273 e. The van der Waals surface area contributed by atoms with Gasteiger partial charge in [-0.2, -0.15) is 0 Å². The molecule has 9 nitrogen and oxygen atoms in total. The molecule has 0 aliphatic rings. The molecule has 0 heterocycles. The van der Waals surface area contributed by atoms with Crippen LogP contribution in [-0.2, 0) is 11.3 Å². The van der Waals surface area contributed by atoms with Gasteiger partial charge in [0.1, 0.15) is 5.75 Å². The van der Waals surface area contributed by atoms with Gasteiger partial charge < -0.3 is 19.5 Å². The Hall–Kier alpha value is -3.33. The van der Waals surface area contributed by atoms with Crippen molar-refractivity contribution < 1.29 is 23.9 Å². The Bertz CT molecular complexity index is 887. The summed E-state index contributed by atoms with van der Waals surface area (Å²) in [5, 5.41) is 13.7. The van der Waals surface area contributed by atoms with E-state index in [1.807, 2.05) is 24.1 Å². The van der Waals surface area contributed by atoms with Gasteiger partial charge in [-0.15, -0.1) is 0 Å². The van der Waals surface area contributed by atoms with Gasteiger partial charge in [0, 0.05) is 18.2 Å². The molecule has 0 radical (unpaired) electrons. The van der Waals surface area contributed by atoms with E-state index >= 15 is 0 Å². The summed E-state index contributed by atoms with van der Waals surface area (Å²) in [4.78, 5) is 24.9. The van der Waals surface area contributed by atoms with Crippen LogP contribution in [0, 0.1) is 10.1 Å². The minimum Gasteiger partial charge on any atom is -0.494 e. The molecule has 0 fully saturated rings. The van der Waals surface area contributed by atoms with Gasteiger partial charge in [0.15, 0.2) is 11.5 Å². The number of para-hydroxylation sites is 1. The third-order valence-corrected chi connectivity index (χ3v) is 4.60. The van der Waals surface area contributed by atoms with E-state index in [0.29, 0.717) is 23.7 Å². The van der Waals surface area contributed by atoms with Gasteiger partial charge in [0.2, 0.25) is 5.91 Å². The predicted molar refractivity (Wildman–Crippen MR) is 109 cm³/mol. The summed E-state index contributed by atoms with van der Waals surface area (Å²) in [6.45, 7) is 2.21. The molecule has 2 aromatic carbocycles. The molecular weight excluding hydrogens is 378 g/mol. The van der Waals surface area contributed by atoms with E-state index in [1.54, 1.807) is 27.2 Å². The lowest BCUT2D eigenvalue weighted by Gasteiger charge is -2.25. The number of amides is 1. The first-order chi connectivity index (χ1) is 13.8. The molecule has 9 heteroatoms. The number of nitro benzene ring substituents is 1. The molecule has 1 amide bonds. The number of carbonyl (C=O) groups is 1. The summed E-state index contributed by atoms with van der Waals surface area (Å²) in [7, 11) is 6.34. The van der Waals surface area contributed by atoms with Crippen molar-refractivity contribution in [2.75, 3.05) is 33.7 Å². The first kappa shape index (κ1) is 22.0. The van der Waals surface area contributed by atoms with Crippen LogP contribution in [0.4, 0.5) is 11.4 Å². The first-order valence-electron chi connectivity index (χ1n) is 8.85. The van der Waals surface area contributed by atoms with Crippen LogP contribution < -0.4 is 19.5 Å². The Labute approximate surface area is 169 Å². The zero-order valence-electron chi connectivity index (χ0n) is 17.1. The number of anilines is 1. The highest BCUT2D eigenvalue weighted by molar-refractivity contribution is 5.96. The van der Waals surface area contributed by atoms with Gasteiger partial charge in [0.05, 0.1) is 44.0 Å². The molecule has 0 aliphatic carbocycles. The number of non-ortho nitro benzene ring substituents is 1. The number of hydrogen-bond donors (Lipinski definition) is 1. The number of nitrogens with one attached hydrogen (secondary N) is 1. The molecule has 1 atom stereocenters. The van der Waals surface area contributed by atoms with Crippen LogP contribution >= 0.6 is 0 Å². The highest BCUT2D eigenvalue weighted by Gasteiger charge is 2.22. The van der Waals surface area contributed by atoms with Crippen molar-refractivity contribution in [1.82, 2.24) is 4.90 Å². The molecule has 0 unspecified atom stereocenters. The molecular formula is C20H25N3O6. The van der Waals surface area contributed by atoms with Gasteiger partial charge >= 0.3 is 0 Å². The lowest BCUT2D eigenvalue weighted by Crippen LogP contribution is -2.39. The fraction of sp³-hybridized carbons (Fsp3) is 0.350. The molecule has 0 saturated carbocycles. The van der Waals surface area contributed by atoms with Gasteiger partial charge in [-0.3, -0.25) is 19.8 Å².